The maximum atomic E-state index is 11.6. The molecule has 5 nitrogen and oxygen atoms in total. The molecule has 2 amide bonds. The maximum absolute atomic E-state index is 11.6. The van der Waals surface area contributed by atoms with Crippen LogP contribution in [0, 0.1) is 5.92 Å². The van der Waals surface area contributed by atoms with Gasteiger partial charge < -0.3 is 15.7 Å². The molecule has 0 saturated carbocycles. The van der Waals surface area contributed by atoms with Crippen molar-refractivity contribution in [3.8, 4) is 0 Å². The number of carbonyl (C=O) groups is 2. The number of rotatable bonds is 7. The molecule has 1 rings (SSSR count). The Bertz CT molecular complexity index is 441. The Morgan fingerprint density at radius 3 is 2.10 bits per heavy atom. The van der Waals surface area contributed by atoms with Gasteiger partial charge in [-0.15, -0.1) is 0 Å². The molecule has 0 spiro atoms. The van der Waals surface area contributed by atoms with Gasteiger partial charge in [0.2, 0.25) is 11.8 Å². The SMILES string of the molecule is CC(C)C(=O)Nc1ccc(NC(=O)CCCCO)cc1. The highest BCUT2D eigenvalue weighted by Gasteiger charge is 2.07. The Morgan fingerprint density at radius 1 is 1.05 bits per heavy atom. The lowest BCUT2D eigenvalue weighted by atomic mass is 10.2. The third-order valence-electron chi connectivity index (χ3n) is 2.77. The summed E-state index contributed by atoms with van der Waals surface area (Å²) in [6.07, 6.45) is 1.70. The molecule has 0 radical (unpaired) electrons. The summed E-state index contributed by atoms with van der Waals surface area (Å²) in [5.41, 5.74) is 1.41. The lowest BCUT2D eigenvalue weighted by Gasteiger charge is -2.09. The lowest BCUT2D eigenvalue weighted by Crippen LogP contribution is -2.17. The fraction of sp³-hybridized carbons (Fsp3) is 0.467. The third-order valence-corrected chi connectivity index (χ3v) is 2.77. The van der Waals surface area contributed by atoms with Crippen molar-refractivity contribution >= 4 is 23.2 Å². The van der Waals surface area contributed by atoms with E-state index in [1.54, 1.807) is 24.3 Å². The zero-order valence-electron chi connectivity index (χ0n) is 12.0. The van der Waals surface area contributed by atoms with E-state index in [1.165, 1.54) is 0 Å². The first kappa shape index (κ1) is 16.2. The van der Waals surface area contributed by atoms with Crippen molar-refractivity contribution in [1.82, 2.24) is 0 Å². The predicted molar refractivity (Wildman–Crippen MR) is 79.5 cm³/mol. The minimum Gasteiger partial charge on any atom is -0.396 e. The summed E-state index contributed by atoms with van der Waals surface area (Å²) in [6, 6.07) is 7.01. The van der Waals surface area contributed by atoms with Gasteiger partial charge in [-0.05, 0) is 37.1 Å². The molecule has 0 aliphatic heterocycles. The summed E-state index contributed by atoms with van der Waals surface area (Å²) in [6.45, 7) is 3.77. The minimum atomic E-state index is -0.0718. The molecule has 0 heterocycles. The van der Waals surface area contributed by atoms with Crippen LogP contribution in [0.1, 0.15) is 33.1 Å². The van der Waals surface area contributed by atoms with E-state index >= 15 is 0 Å². The quantitative estimate of drug-likeness (QED) is 0.670. The first-order chi connectivity index (χ1) is 9.52. The number of anilines is 2. The largest absolute Gasteiger partial charge is 0.396 e. The van der Waals surface area contributed by atoms with Crippen LogP contribution in [0.2, 0.25) is 0 Å². The van der Waals surface area contributed by atoms with E-state index in [0.29, 0.717) is 30.6 Å². The second kappa shape index (κ2) is 8.32. The van der Waals surface area contributed by atoms with Crippen molar-refractivity contribution in [2.45, 2.75) is 33.1 Å². The van der Waals surface area contributed by atoms with Gasteiger partial charge in [0.25, 0.3) is 0 Å². The average Bonchev–Trinajstić information content (AvgIpc) is 2.41. The number of amides is 2. The second-order valence-electron chi connectivity index (χ2n) is 4.95. The van der Waals surface area contributed by atoms with Crippen LogP contribution in [0.25, 0.3) is 0 Å². The molecule has 0 fully saturated rings. The number of unbranched alkanes of at least 4 members (excludes halogenated alkanes) is 1. The van der Waals surface area contributed by atoms with Crippen molar-refractivity contribution in [3.05, 3.63) is 24.3 Å². The highest BCUT2D eigenvalue weighted by Crippen LogP contribution is 2.15. The van der Waals surface area contributed by atoms with E-state index < -0.39 is 0 Å². The highest BCUT2D eigenvalue weighted by atomic mass is 16.3. The van der Waals surface area contributed by atoms with Gasteiger partial charge >= 0.3 is 0 Å². The Hall–Kier alpha value is -1.88. The van der Waals surface area contributed by atoms with Crippen LogP contribution in [0.15, 0.2) is 24.3 Å². The zero-order valence-corrected chi connectivity index (χ0v) is 12.0. The van der Waals surface area contributed by atoms with Crippen molar-refractivity contribution in [1.29, 1.82) is 0 Å². The smallest absolute Gasteiger partial charge is 0.226 e. The molecule has 5 heteroatoms. The standard InChI is InChI=1S/C15H22N2O3/c1-11(2)15(20)17-13-8-6-12(7-9-13)16-14(19)5-3-4-10-18/h6-9,11,18H,3-5,10H2,1-2H3,(H,16,19)(H,17,20). The molecule has 20 heavy (non-hydrogen) atoms. The molecule has 0 aromatic heterocycles. The Labute approximate surface area is 119 Å². The van der Waals surface area contributed by atoms with Gasteiger partial charge in [-0.25, -0.2) is 0 Å². The van der Waals surface area contributed by atoms with E-state index in [0.717, 1.165) is 0 Å². The monoisotopic (exact) mass is 278 g/mol. The minimum absolute atomic E-state index is 0.0363. The fourth-order valence-corrected chi connectivity index (χ4v) is 1.54. The average molecular weight is 278 g/mol. The Morgan fingerprint density at radius 2 is 1.60 bits per heavy atom. The van der Waals surface area contributed by atoms with Crippen LogP contribution >= 0.6 is 0 Å². The molecule has 1 aromatic rings. The summed E-state index contributed by atoms with van der Waals surface area (Å²) < 4.78 is 0. The van der Waals surface area contributed by atoms with Gasteiger partial charge in [-0.3, -0.25) is 9.59 Å². The van der Waals surface area contributed by atoms with Gasteiger partial charge in [-0.2, -0.15) is 0 Å². The summed E-state index contributed by atoms with van der Waals surface area (Å²) in [5, 5.41) is 14.2. The van der Waals surface area contributed by atoms with Gasteiger partial charge in [0.1, 0.15) is 0 Å². The number of aliphatic hydroxyl groups is 1. The molecular formula is C15H22N2O3. The van der Waals surface area contributed by atoms with Gasteiger partial charge in [-0.1, -0.05) is 13.8 Å². The molecule has 0 atom stereocenters. The molecular weight excluding hydrogens is 256 g/mol. The van der Waals surface area contributed by atoms with Crippen LogP contribution in [0.5, 0.6) is 0 Å². The molecule has 0 aliphatic rings. The summed E-state index contributed by atoms with van der Waals surface area (Å²) in [7, 11) is 0. The summed E-state index contributed by atoms with van der Waals surface area (Å²) in [4.78, 5) is 23.1. The first-order valence-electron chi connectivity index (χ1n) is 6.84. The van der Waals surface area contributed by atoms with Crippen LogP contribution in [-0.2, 0) is 9.59 Å². The fourth-order valence-electron chi connectivity index (χ4n) is 1.54. The number of hydrogen-bond donors (Lipinski definition) is 3. The lowest BCUT2D eigenvalue weighted by molar-refractivity contribution is -0.119. The van der Waals surface area contributed by atoms with Crippen molar-refractivity contribution in [2.75, 3.05) is 17.2 Å². The molecule has 3 N–H and O–H groups in total. The van der Waals surface area contributed by atoms with E-state index in [1.807, 2.05) is 13.8 Å². The van der Waals surface area contributed by atoms with E-state index in [4.69, 9.17) is 5.11 Å². The maximum Gasteiger partial charge on any atom is 0.226 e. The van der Waals surface area contributed by atoms with E-state index in [-0.39, 0.29) is 24.3 Å². The van der Waals surface area contributed by atoms with Gasteiger partial charge in [0.05, 0.1) is 0 Å². The molecule has 0 saturated heterocycles. The van der Waals surface area contributed by atoms with Crippen LogP contribution < -0.4 is 10.6 Å². The number of benzene rings is 1. The van der Waals surface area contributed by atoms with Crippen molar-refractivity contribution in [2.24, 2.45) is 5.92 Å². The van der Waals surface area contributed by atoms with Crippen LogP contribution in [-0.4, -0.2) is 23.5 Å². The number of nitrogens with one attached hydrogen (secondary N) is 2. The van der Waals surface area contributed by atoms with Crippen LogP contribution in [0.4, 0.5) is 11.4 Å². The summed E-state index contributed by atoms with van der Waals surface area (Å²) in [5.74, 6) is -0.177. The normalized spacial score (nSPS) is 10.4. The topological polar surface area (TPSA) is 78.4 Å². The zero-order chi connectivity index (χ0) is 15.0. The first-order valence-corrected chi connectivity index (χ1v) is 6.84. The van der Waals surface area contributed by atoms with Gasteiger partial charge in [0.15, 0.2) is 0 Å². The van der Waals surface area contributed by atoms with Crippen molar-refractivity contribution < 1.29 is 14.7 Å². The van der Waals surface area contributed by atoms with Crippen LogP contribution in [0.3, 0.4) is 0 Å². The Balaban J connectivity index is 2.46. The Kier molecular flexibility index (Phi) is 6.73. The van der Waals surface area contributed by atoms with Crippen molar-refractivity contribution in [3.63, 3.8) is 0 Å². The van der Waals surface area contributed by atoms with Gasteiger partial charge in [0, 0.05) is 30.3 Å². The molecule has 1 aromatic carbocycles. The predicted octanol–water partition coefficient (Wildman–Crippen LogP) is 2.38. The number of aliphatic hydroxyl groups excluding tert-OH is 1. The molecule has 0 bridgehead atoms. The molecule has 110 valence electrons. The highest BCUT2D eigenvalue weighted by molar-refractivity contribution is 5.93. The molecule has 0 unspecified atom stereocenters. The molecule has 0 aliphatic carbocycles. The number of carbonyl (C=O) groups excluding carboxylic acids is 2. The third kappa shape index (κ3) is 5.84. The van der Waals surface area contributed by atoms with E-state index in [2.05, 4.69) is 10.6 Å². The summed E-state index contributed by atoms with van der Waals surface area (Å²) >= 11 is 0. The second-order valence-corrected chi connectivity index (χ2v) is 4.95. The van der Waals surface area contributed by atoms with E-state index in [9.17, 15) is 9.59 Å². The number of hydrogen-bond acceptors (Lipinski definition) is 3.